The second-order valence-corrected chi connectivity index (χ2v) is 6.47. The van der Waals surface area contributed by atoms with Crippen molar-refractivity contribution < 1.29 is 0 Å². The Labute approximate surface area is 133 Å². The Kier molecular flexibility index (Phi) is 6.34. The van der Waals surface area contributed by atoms with E-state index in [-0.39, 0.29) is 0 Å². The van der Waals surface area contributed by atoms with Gasteiger partial charge in [-0.15, -0.1) is 11.8 Å². The molecule has 0 spiro atoms. The molecule has 0 heterocycles. The van der Waals surface area contributed by atoms with Crippen LogP contribution in [0.1, 0.15) is 37.4 Å². The molecule has 0 bridgehead atoms. The van der Waals surface area contributed by atoms with Crippen molar-refractivity contribution in [2.75, 3.05) is 6.26 Å². The molecular weight excluding hydrogens is 274 g/mol. The number of hydrogen-bond donors (Lipinski definition) is 1. The average Bonchev–Trinajstić information content (AvgIpc) is 2.54. The fraction of sp³-hybridized carbons (Fsp3) is 0.368. The van der Waals surface area contributed by atoms with Crippen LogP contribution in [0.5, 0.6) is 0 Å². The molecule has 1 N–H and O–H groups in total. The summed E-state index contributed by atoms with van der Waals surface area (Å²) >= 11 is 1.79. The highest BCUT2D eigenvalue weighted by Crippen LogP contribution is 2.19. The summed E-state index contributed by atoms with van der Waals surface area (Å²) in [4.78, 5) is 1.32. The van der Waals surface area contributed by atoms with Crippen LogP contribution in [0, 0.1) is 0 Å². The summed E-state index contributed by atoms with van der Waals surface area (Å²) < 4.78 is 0. The number of aryl methyl sites for hydroxylation is 1. The molecular formula is C19H25NS. The van der Waals surface area contributed by atoms with Crippen LogP contribution in [0.25, 0.3) is 0 Å². The molecule has 0 saturated carbocycles. The van der Waals surface area contributed by atoms with Gasteiger partial charge in [0.1, 0.15) is 0 Å². The van der Waals surface area contributed by atoms with Crippen molar-refractivity contribution in [1.29, 1.82) is 0 Å². The van der Waals surface area contributed by atoms with E-state index in [1.807, 2.05) is 0 Å². The van der Waals surface area contributed by atoms with Gasteiger partial charge in [0.25, 0.3) is 0 Å². The minimum Gasteiger partial charge on any atom is -0.308 e. The highest BCUT2D eigenvalue weighted by molar-refractivity contribution is 7.98. The van der Waals surface area contributed by atoms with E-state index in [0.29, 0.717) is 12.1 Å². The SMILES string of the molecule is CSc1ccc(C(C)NC(C)CCc2ccccc2)cc1. The Bertz CT molecular complexity index is 521. The predicted octanol–water partition coefficient (Wildman–Crippen LogP) is 5.08. The lowest BCUT2D eigenvalue weighted by atomic mass is 10.0. The van der Waals surface area contributed by atoms with Crippen LogP contribution in [0.4, 0.5) is 0 Å². The minimum atomic E-state index is 0.395. The van der Waals surface area contributed by atoms with Crippen molar-refractivity contribution in [1.82, 2.24) is 5.32 Å². The second kappa shape index (κ2) is 8.26. The van der Waals surface area contributed by atoms with Gasteiger partial charge in [-0.1, -0.05) is 42.5 Å². The third-order valence-electron chi connectivity index (χ3n) is 3.86. The highest BCUT2D eigenvalue weighted by atomic mass is 32.2. The minimum absolute atomic E-state index is 0.395. The van der Waals surface area contributed by atoms with Gasteiger partial charge in [-0.3, -0.25) is 0 Å². The summed E-state index contributed by atoms with van der Waals surface area (Å²) in [5.41, 5.74) is 2.78. The number of thioether (sulfide) groups is 1. The summed E-state index contributed by atoms with van der Waals surface area (Å²) in [7, 11) is 0. The lowest BCUT2D eigenvalue weighted by Gasteiger charge is -2.20. The van der Waals surface area contributed by atoms with Crippen LogP contribution in [0.2, 0.25) is 0 Å². The predicted molar refractivity (Wildman–Crippen MR) is 94.0 cm³/mol. The Morgan fingerprint density at radius 1 is 0.952 bits per heavy atom. The van der Waals surface area contributed by atoms with Crippen LogP contribution < -0.4 is 5.32 Å². The van der Waals surface area contributed by atoms with Gasteiger partial charge in [-0.05, 0) is 56.2 Å². The molecule has 1 nitrogen and oxygen atoms in total. The molecule has 2 heteroatoms. The van der Waals surface area contributed by atoms with E-state index < -0.39 is 0 Å². The zero-order valence-electron chi connectivity index (χ0n) is 13.2. The molecule has 0 radical (unpaired) electrons. The van der Waals surface area contributed by atoms with Crippen molar-refractivity contribution in [3.05, 3.63) is 65.7 Å². The first kappa shape index (κ1) is 16.1. The molecule has 2 unspecified atom stereocenters. The Hall–Kier alpha value is -1.25. The number of benzene rings is 2. The Balaban J connectivity index is 1.82. The van der Waals surface area contributed by atoms with Gasteiger partial charge < -0.3 is 5.32 Å². The normalized spacial score (nSPS) is 13.9. The summed E-state index contributed by atoms with van der Waals surface area (Å²) in [6.45, 7) is 4.52. The first-order valence-corrected chi connectivity index (χ1v) is 8.85. The average molecular weight is 299 g/mol. The van der Waals surface area contributed by atoms with Gasteiger partial charge in [-0.25, -0.2) is 0 Å². The van der Waals surface area contributed by atoms with Gasteiger partial charge in [0.05, 0.1) is 0 Å². The van der Waals surface area contributed by atoms with Crippen molar-refractivity contribution in [3.63, 3.8) is 0 Å². The van der Waals surface area contributed by atoms with Crippen LogP contribution in [0.15, 0.2) is 59.5 Å². The second-order valence-electron chi connectivity index (χ2n) is 5.59. The molecule has 112 valence electrons. The molecule has 2 aromatic rings. The maximum Gasteiger partial charge on any atom is 0.0294 e. The molecule has 0 amide bonds. The largest absolute Gasteiger partial charge is 0.308 e. The fourth-order valence-corrected chi connectivity index (χ4v) is 2.94. The molecule has 0 aromatic heterocycles. The zero-order valence-corrected chi connectivity index (χ0v) is 14.0. The first-order valence-electron chi connectivity index (χ1n) is 7.63. The summed E-state index contributed by atoms with van der Waals surface area (Å²) in [5.74, 6) is 0. The van der Waals surface area contributed by atoms with Gasteiger partial charge in [0.2, 0.25) is 0 Å². The smallest absolute Gasteiger partial charge is 0.0294 e. The third kappa shape index (κ3) is 5.22. The quantitative estimate of drug-likeness (QED) is 0.715. The summed E-state index contributed by atoms with van der Waals surface area (Å²) in [5, 5.41) is 3.70. The van der Waals surface area contributed by atoms with Crippen LogP contribution in [-0.4, -0.2) is 12.3 Å². The fourth-order valence-electron chi connectivity index (χ4n) is 2.53. The van der Waals surface area contributed by atoms with Gasteiger partial charge >= 0.3 is 0 Å². The van der Waals surface area contributed by atoms with E-state index in [1.54, 1.807) is 11.8 Å². The van der Waals surface area contributed by atoms with Crippen LogP contribution in [-0.2, 0) is 6.42 Å². The number of rotatable bonds is 7. The van der Waals surface area contributed by atoms with Crippen molar-refractivity contribution in [2.24, 2.45) is 0 Å². The van der Waals surface area contributed by atoms with E-state index in [4.69, 9.17) is 0 Å². The molecule has 0 saturated heterocycles. The molecule has 2 aromatic carbocycles. The highest BCUT2D eigenvalue weighted by Gasteiger charge is 2.09. The molecule has 21 heavy (non-hydrogen) atoms. The van der Waals surface area contributed by atoms with E-state index >= 15 is 0 Å². The van der Waals surface area contributed by atoms with Gasteiger partial charge in [-0.2, -0.15) is 0 Å². The van der Waals surface area contributed by atoms with Crippen LogP contribution in [0.3, 0.4) is 0 Å². The standard InChI is InChI=1S/C19H25NS/c1-15(9-10-17-7-5-4-6-8-17)20-16(2)18-11-13-19(21-3)14-12-18/h4-8,11-16,20H,9-10H2,1-3H3. The molecule has 0 fully saturated rings. The van der Waals surface area contributed by atoms with E-state index in [0.717, 1.165) is 12.8 Å². The summed E-state index contributed by atoms with van der Waals surface area (Å²) in [6.07, 6.45) is 4.41. The molecule has 0 aliphatic rings. The monoisotopic (exact) mass is 299 g/mol. The lowest BCUT2D eigenvalue weighted by Crippen LogP contribution is -2.29. The van der Waals surface area contributed by atoms with Crippen LogP contribution >= 0.6 is 11.8 Å². The lowest BCUT2D eigenvalue weighted by molar-refractivity contribution is 0.456. The Morgan fingerprint density at radius 2 is 1.62 bits per heavy atom. The molecule has 0 aliphatic carbocycles. The van der Waals surface area contributed by atoms with Gasteiger partial charge in [0.15, 0.2) is 0 Å². The van der Waals surface area contributed by atoms with E-state index in [2.05, 4.69) is 80.0 Å². The zero-order chi connectivity index (χ0) is 15.1. The maximum atomic E-state index is 3.70. The number of nitrogens with one attached hydrogen (secondary N) is 1. The van der Waals surface area contributed by atoms with Crippen molar-refractivity contribution in [3.8, 4) is 0 Å². The van der Waals surface area contributed by atoms with Crippen molar-refractivity contribution in [2.45, 2.75) is 43.7 Å². The molecule has 2 atom stereocenters. The molecule has 0 aliphatic heterocycles. The molecule has 2 rings (SSSR count). The van der Waals surface area contributed by atoms with E-state index in [1.165, 1.54) is 16.0 Å². The number of hydrogen-bond acceptors (Lipinski definition) is 2. The topological polar surface area (TPSA) is 12.0 Å². The van der Waals surface area contributed by atoms with Gasteiger partial charge in [0, 0.05) is 17.0 Å². The first-order chi connectivity index (χ1) is 10.2. The third-order valence-corrected chi connectivity index (χ3v) is 4.60. The van der Waals surface area contributed by atoms with Crippen molar-refractivity contribution >= 4 is 11.8 Å². The maximum absolute atomic E-state index is 3.70. The van der Waals surface area contributed by atoms with E-state index in [9.17, 15) is 0 Å². The Morgan fingerprint density at radius 3 is 2.24 bits per heavy atom. The summed E-state index contributed by atoms with van der Waals surface area (Å²) in [6, 6.07) is 20.5.